The Balaban J connectivity index is 1.51. The number of aliphatic hydroxyl groups excluding tert-OH is 1. The molecule has 1 saturated carbocycles. The molecule has 22 heavy (non-hydrogen) atoms. The number of nitrogens with zero attached hydrogens (tertiary/aromatic N) is 3. The Morgan fingerprint density at radius 3 is 2.91 bits per heavy atom. The van der Waals surface area contributed by atoms with Gasteiger partial charge in [-0.3, -0.25) is 14.4 Å². The summed E-state index contributed by atoms with van der Waals surface area (Å²) in [6.45, 7) is 3.21. The summed E-state index contributed by atoms with van der Waals surface area (Å²) in [5.41, 5.74) is 0. The lowest BCUT2D eigenvalue weighted by atomic mass is 10.1. The largest absolute Gasteiger partial charge is 0.389 e. The zero-order chi connectivity index (χ0) is 15.5. The molecular weight excluding hydrogens is 308 g/mol. The minimum absolute atomic E-state index is 0.105. The van der Waals surface area contributed by atoms with Gasteiger partial charge in [0.25, 0.3) is 0 Å². The van der Waals surface area contributed by atoms with Gasteiger partial charge in [0.1, 0.15) is 6.54 Å². The summed E-state index contributed by atoms with van der Waals surface area (Å²) < 4.78 is 6.83. The summed E-state index contributed by atoms with van der Waals surface area (Å²) in [4.78, 5) is 14.3. The highest BCUT2D eigenvalue weighted by Crippen LogP contribution is 2.25. The molecule has 2 fully saturated rings. The van der Waals surface area contributed by atoms with Crippen molar-refractivity contribution in [3.63, 3.8) is 0 Å². The van der Waals surface area contributed by atoms with Crippen LogP contribution in [-0.4, -0.2) is 70.2 Å². The minimum Gasteiger partial charge on any atom is -0.389 e. The van der Waals surface area contributed by atoms with Crippen LogP contribution >= 0.6 is 11.6 Å². The summed E-state index contributed by atoms with van der Waals surface area (Å²) in [6.07, 6.45) is 4.23. The first-order valence-corrected chi connectivity index (χ1v) is 7.98. The number of ether oxygens (including phenoxy) is 1. The summed E-state index contributed by atoms with van der Waals surface area (Å²) in [5, 5.41) is 17.9. The van der Waals surface area contributed by atoms with E-state index >= 15 is 0 Å². The Morgan fingerprint density at radius 1 is 1.45 bits per heavy atom. The van der Waals surface area contributed by atoms with E-state index in [2.05, 4.69) is 15.3 Å². The molecule has 0 unspecified atom stereocenters. The molecule has 3 atom stereocenters. The zero-order valence-electron chi connectivity index (χ0n) is 12.3. The lowest BCUT2D eigenvalue weighted by Crippen LogP contribution is -2.51. The third kappa shape index (κ3) is 3.60. The van der Waals surface area contributed by atoms with E-state index in [0.717, 1.165) is 25.9 Å². The fraction of sp³-hybridized carbons (Fsp3) is 0.714. The quantitative estimate of drug-likeness (QED) is 0.805. The van der Waals surface area contributed by atoms with Gasteiger partial charge in [0, 0.05) is 25.3 Å². The second-order valence-corrected chi connectivity index (χ2v) is 6.25. The van der Waals surface area contributed by atoms with Gasteiger partial charge in [-0.15, -0.1) is 0 Å². The number of carbonyl (C=O) groups excluding carboxylic acids is 1. The van der Waals surface area contributed by atoms with Crippen LogP contribution in [0.2, 0.25) is 5.02 Å². The van der Waals surface area contributed by atoms with E-state index in [1.165, 1.54) is 10.9 Å². The number of hydrogen-bond acceptors (Lipinski definition) is 5. The summed E-state index contributed by atoms with van der Waals surface area (Å²) in [7, 11) is 0. The number of aliphatic hydroxyl groups is 1. The van der Waals surface area contributed by atoms with Gasteiger partial charge in [-0.1, -0.05) is 11.6 Å². The maximum absolute atomic E-state index is 12.0. The van der Waals surface area contributed by atoms with Gasteiger partial charge >= 0.3 is 0 Å². The average molecular weight is 329 g/mol. The van der Waals surface area contributed by atoms with Crippen LogP contribution in [0.25, 0.3) is 0 Å². The van der Waals surface area contributed by atoms with Gasteiger partial charge in [-0.2, -0.15) is 5.10 Å². The van der Waals surface area contributed by atoms with E-state index < -0.39 is 6.10 Å². The third-order valence-electron chi connectivity index (χ3n) is 4.35. The fourth-order valence-electron chi connectivity index (χ4n) is 3.25. The van der Waals surface area contributed by atoms with Crippen LogP contribution in [0.1, 0.15) is 12.8 Å². The summed E-state index contributed by atoms with van der Waals surface area (Å²) in [6, 6.07) is -0.0975. The topological polar surface area (TPSA) is 79.6 Å². The van der Waals surface area contributed by atoms with Crippen LogP contribution < -0.4 is 5.32 Å². The molecule has 2 N–H and O–H groups in total. The van der Waals surface area contributed by atoms with Crippen LogP contribution in [0.4, 0.5) is 0 Å². The Bertz CT molecular complexity index is 518. The predicted molar refractivity (Wildman–Crippen MR) is 80.6 cm³/mol. The number of hydrogen-bond donors (Lipinski definition) is 2. The van der Waals surface area contributed by atoms with E-state index in [1.807, 2.05) is 0 Å². The van der Waals surface area contributed by atoms with Crippen LogP contribution in [0, 0.1) is 0 Å². The minimum atomic E-state index is -0.539. The summed E-state index contributed by atoms with van der Waals surface area (Å²) >= 11 is 5.77. The molecular formula is C14H21ClN4O3. The molecule has 0 aromatic carbocycles. The van der Waals surface area contributed by atoms with Crippen molar-refractivity contribution in [2.75, 3.05) is 26.3 Å². The Hall–Kier alpha value is -1.15. The zero-order valence-corrected chi connectivity index (χ0v) is 13.1. The molecule has 8 heteroatoms. The van der Waals surface area contributed by atoms with Crippen LogP contribution in [0.15, 0.2) is 12.4 Å². The van der Waals surface area contributed by atoms with Crippen molar-refractivity contribution in [1.82, 2.24) is 20.0 Å². The number of halogens is 1. The molecule has 0 bridgehead atoms. The molecule has 0 spiro atoms. The molecule has 1 aliphatic carbocycles. The number of carbonyl (C=O) groups is 1. The Kier molecular flexibility index (Phi) is 4.97. The van der Waals surface area contributed by atoms with Crippen molar-refractivity contribution in [3.8, 4) is 0 Å². The van der Waals surface area contributed by atoms with E-state index in [4.69, 9.17) is 16.3 Å². The first-order valence-electron chi connectivity index (χ1n) is 7.60. The molecule has 0 radical (unpaired) electrons. The molecule has 1 amide bonds. The standard InChI is InChI=1S/C14H21ClN4O3/c15-10-7-16-19(8-10)9-13(20)17-11-1-2-12(14(11)21)18-3-5-22-6-4-18/h7-8,11-12,14,21H,1-6,9H2,(H,17,20)/t11-,12-,14-/m1/s1. The van der Waals surface area contributed by atoms with Crippen molar-refractivity contribution in [3.05, 3.63) is 17.4 Å². The number of nitrogens with one attached hydrogen (secondary N) is 1. The van der Waals surface area contributed by atoms with Crippen molar-refractivity contribution >= 4 is 17.5 Å². The molecule has 7 nitrogen and oxygen atoms in total. The molecule has 3 rings (SSSR count). The van der Waals surface area contributed by atoms with Crippen molar-refractivity contribution in [2.45, 2.75) is 37.6 Å². The van der Waals surface area contributed by atoms with Gasteiger partial charge in [0.15, 0.2) is 0 Å². The lowest BCUT2D eigenvalue weighted by Gasteiger charge is -2.34. The third-order valence-corrected chi connectivity index (χ3v) is 4.54. The van der Waals surface area contributed by atoms with Crippen LogP contribution in [0.5, 0.6) is 0 Å². The first-order chi connectivity index (χ1) is 10.6. The average Bonchev–Trinajstić information content (AvgIpc) is 3.07. The smallest absolute Gasteiger partial charge is 0.242 e. The first kappa shape index (κ1) is 15.7. The molecule has 122 valence electrons. The molecule has 1 aliphatic heterocycles. The summed E-state index contributed by atoms with van der Waals surface area (Å²) in [5.74, 6) is -0.161. The molecule has 2 heterocycles. The highest BCUT2D eigenvalue weighted by molar-refractivity contribution is 6.30. The van der Waals surface area contributed by atoms with Crippen molar-refractivity contribution in [1.29, 1.82) is 0 Å². The molecule has 1 aromatic heterocycles. The number of rotatable bonds is 4. The van der Waals surface area contributed by atoms with Gasteiger partial charge < -0.3 is 15.2 Å². The predicted octanol–water partition coefficient (Wildman–Crippen LogP) is -0.123. The van der Waals surface area contributed by atoms with Crippen LogP contribution in [-0.2, 0) is 16.1 Å². The van der Waals surface area contributed by atoms with E-state index in [-0.39, 0.29) is 24.5 Å². The Morgan fingerprint density at radius 2 is 2.23 bits per heavy atom. The number of morpholine rings is 1. The SMILES string of the molecule is O=C(Cn1cc(Cl)cn1)N[C@@H]1CC[C@@H](N2CCOCC2)[C@@H]1O. The number of aromatic nitrogens is 2. The van der Waals surface area contributed by atoms with E-state index in [1.54, 1.807) is 6.20 Å². The monoisotopic (exact) mass is 328 g/mol. The highest BCUT2D eigenvalue weighted by Gasteiger charge is 2.39. The van der Waals surface area contributed by atoms with E-state index in [0.29, 0.717) is 18.2 Å². The van der Waals surface area contributed by atoms with E-state index in [9.17, 15) is 9.90 Å². The van der Waals surface area contributed by atoms with Gasteiger partial charge in [0.05, 0.1) is 36.6 Å². The molecule has 1 saturated heterocycles. The highest BCUT2D eigenvalue weighted by atomic mass is 35.5. The normalized spacial score (nSPS) is 29.6. The van der Waals surface area contributed by atoms with Crippen molar-refractivity contribution < 1.29 is 14.6 Å². The second kappa shape index (κ2) is 6.95. The van der Waals surface area contributed by atoms with Crippen molar-refractivity contribution in [2.24, 2.45) is 0 Å². The number of amides is 1. The van der Waals surface area contributed by atoms with Gasteiger partial charge in [-0.25, -0.2) is 0 Å². The fourth-order valence-corrected chi connectivity index (χ4v) is 3.41. The van der Waals surface area contributed by atoms with Gasteiger partial charge in [0.2, 0.25) is 5.91 Å². The van der Waals surface area contributed by atoms with Crippen LogP contribution in [0.3, 0.4) is 0 Å². The second-order valence-electron chi connectivity index (χ2n) is 5.81. The molecule has 1 aromatic rings. The molecule has 2 aliphatic rings. The Labute approximate surface area is 134 Å². The maximum atomic E-state index is 12.0. The van der Waals surface area contributed by atoms with Gasteiger partial charge in [-0.05, 0) is 12.8 Å². The maximum Gasteiger partial charge on any atom is 0.242 e. The lowest BCUT2D eigenvalue weighted by molar-refractivity contribution is -0.123.